The van der Waals surface area contributed by atoms with Crippen molar-refractivity contribution in [2.45, 2.75) is 31.5 Å². The number of pyridine rings is 1. The summed E-state index contributed by atoms with van der Waals surface area (Å²) in [5, 5.41) is 3.21. The highest BCUT2D eigenvalue weighted by atomic mass is 19.4. The zero-order chi connectivity index (χ0) is 13.0. The van der Waals surface area contributed by atoms with Gasteiger partial charge in [-0.2, -0.15) is 13.2 Å². The number of nitrogens with zero attached hydrogens (tertiary/aromatic N) is 1. The number of alkyl halides is 3. The Hall–Kier alpha value is -1.30. The van der Waals surface area contributed by atoms with E-state index >= 15 is 0 Å². The highest BCUT2D eigenvalue weighted by Gasteiger charge is 2.35. The predicted molar refractivity (Wildman–Crippen MR) is 60.4 cm³/mol. The topological polar surface area (TPSA) is 34.1 Å². The van der Waals surface area contributed by atoms with Crippen molar-refractivity contribution < 1.29 is 17.9 Å². The molecule has 0 aliphatic carbocycles. The molecule has 1 fully saturated rings. The summed E-state index contributed by atoms with van der Waals surface area (Å²) >= 11 is 0. The number of piperidine rings is 1. The van der Waals surface area contributed by atoms with Gasteiger partial charge in [0.2, 0.25) is 5.88 Å². The molecule has 2 rings (SSSR count). The highest BCUT2D eigenvalue weighted by molar-refractivity contribution is 5.28. The first-order valence-electron chi connectivity index (χ1n) is 5.96. The van der Waals surface area contributed by atoms with Crippen molar-refractivity contribution in [3.63, 3.8) is 0 Å². The lowest BCUT2D eigenvalue weighted by Crippen LogP contribution is -2.38. The van der Waals surface area contributed by atoms with Gasteiger partial charge in [0, 0.05) is 12.2 Å². The molecule has 0 aromatic carbocycles. The molecule has 0 saturated carbocycles. The molecule has 0 spiro atoms. The minimum Gasteiger partial charge on any atom is -0.476 e. The van der Waals surface area contributed by atoms with E-state index in [0.717, 1.165) is 31.9 Å². The lowest BCUT2D eigenvalue weighted by Gasteiger charge is -2.23. The van der Waals surface area contributed by atoms with E-state index in [4.69, 9.17) is 4.74 Å². The van der Waals surface area contributed by atoms with Crippen LogP contribution in [0, 0.1) is 0 Å². The van der Waals surface area contributed by atoms with Crippen LogP contribution in [0.15, 0.2) is 18.3 Å². The summed E-state index contributed by atoms with van der Waals surface area (Å²) in [6.45, 7) is 1.11. The van der Waals surface area contributed by atoms with Crippen LogP contribution in [0.25, 0.3) is 0 Å². The molecule has 0 amide bonds. The van der Waals surface area contributed by atoms with E-state index in [0.29, 0.717) is 0 Å². The molecule has 2 heterocycles. The van der Waals surface area contributed by atoms with Gasteiger partial charge >= 0.3 is 6.18 Å². The van der Waals surface area contributed by atoms with Gasteiger partial charge in [-0.25, -0.2) is 4.98 Å². The van der Waals surface area contributed by atoms with Crippen molar-refractivity contribution in [3.05, 3.63) is 23.9 Å². The molecule has 0 bridgehead atoms. The maximum atomic E-state index is 12.7. The summed E-state index contributed by atoms with van der Waals surface area (Å²) in [5.41, 5.74) is -0.819. The third-order valence-electron chi connectivity index (χ3n) is 2.91. The zero-order valence-electron chi connectivity index (χ0n) is 9.83. The van der Waals surface area contributed by atoms with Crippen LogP contribution < -0.4 is 10.1 Å². The minimum absolute atomic E-state index is 0.113. The van der Waals surface area contributed by atoms with Gasteiger partial charge in [0.25, 0.3) is 0 Å². The largest absolute Gasteiger partial charge is 0.476 e. The Morgan fingerprint density at radius 1 is 1.39 bits per heavy atom. The minimum atomic E-state index is -4.43. The Morgan fingerprint density at radius 3 is 2.89 bits per heavy atom. The van der Waals surface area contributed by atoms with E-state index < -0.39 is 11.7 Å². The second-order valence-electron chi connectivity index (χ2n) is 4.31. The number of rotatable bonds is 3. The van der Waals surface area contributed by atoms with Crippen LogP contribution in [0.4, 0.5) is 13.2 Å². The molecule has 0 radical (unpaired) electrons. The molecule has 1 atom stereocenters. The first-order chi connectivity index (χ1) is 8.57. The number of nitrogens with one attached hydrogen (secondary N) is 1. The van der Waals surface area contributed by atoms with E-state index in [1.165, 1.54) is 12.3 Å². The maximum Gasteiger partial charge on any atom is 0.421 e. The average molecular weight is 260 g/mol. The van der Waals surface area contributed by atoms with Crippen molar-refractivity contribution in [2.24, 2.45) is 0 Å². The molecular weight excluding hydrogens is 245 g/mol. The van der Waals surface area contributed by atoms with Crippen molar-refractivity contribution >= 4 is 0 Å². The van der Waals surface area contributed by atoms with E-state index in [1.807, 2.05) is 0 Å². The Labute approximate surface area is 103 Å². The van der Waals surface area contributed by atoms with Crippen LogP contribution in [0.5, 0.6) is 5.88 Å². The van der Waals surface area contributed by atoms with Gasteiger partial charge in [0.05, 0.1) is 0 Å². The van der Waals surface area contributed by atoms with E-state index in [9.17, 15) is 13.2 Å². The summed E-state index contributed by atoms with van der Waals surface area (Å²) in [6, 6.07) is 2.35. The zero-order valence-corrected chi connectivity index (χ0v) is 9.83. The van der Waals surface area contributed by atoms with E-state index in [2.05, 4.69) is 10.3 Å². The van der Waals surface area contributed by atoms with Crippen molar-refractivity contribution in [1.82, 2.24) is 10.3 Å². The van der Waals surface area contributed by atoms with Crippen LogP contribution in [-0.4, -0.2) is 24.2 Å². The van der Waals surface area contributed by atoms with Gasteiger partial charge in [-0.05, 0) is 31.5 Å². The number of hydrogen-bond donors (Lipinski definition) is 1. The smallest absolute Gasteiger partial charge is 0.421 e. The summed E-state index contributed by atoms with van der Waals surface area (Å²) in [5.74, 6) is -0.336. The Bertz CT molecular complexity index is 389. The first kappa shape index (κ1) is 13.1. The number of hydrogen-bond acceptors (Lipinski definition) is 3. The molecule has 6 heteroatoms. The van der Waals surface area contributed by atoms with Crippen LogP contribution in [0.2, 0.25) is 0 Å². The lowest BCUT2D eigenvalue weighted by atomic mass is 10.1. The van der Waals surface area contributed by atoms with Crippen molar-refractivity contribution in [2.75, 3.05) is 13.2 Å². The third kappa shape index (κ3) is 3.35. The second-order valence-corrected chi connectivity index (χ2v) is 4.31. The van der Waals surface area contributed by atoms with E-state index in [-0.39, 0.29) is 18.5 Å². The summed E-state index contributed by atoms with van der Waals surface area (Å²) in [4.78, 5) is 3.66. The molecule has 1 N–H and O–H groups in total. The fraction of sp³-hybridized carbons (Fsp3) is 0.583. The second kappa shape index (κ2) is 5.56. The fourth-order valence-electron chi connectivity index (χ4n) is 1.97. The average Bonchev–Trinajstić information content (AvgIpc) is 2.37. The monoisotopic (exact) mass is 260 g/mol. The lowest BCUT2D eigenvalue weighted by molar-refractivity contribution is -0.139. The normalized spacial score (nSPS) is 20.7. The standard InChI is InChI=1S/C12H15F3N2O/c13-12(14,15)10-5-3-7-17-11(10)18-8-9-4-1-2-6-16-9/h3,5,7,9,16H,1-2,4,6,8H2. The van der Waals surface area contributed by atoms with Gasteiger partial charge in [-0.1, -0.05) is 6.42 Å². The van der Waals surface area contributed by atoms with Gasteiger partial charge in [0.1, 0.15) is 12.2 Å². The maximum absolute atomic E-state index is 12.7. The number of ether oxygens (including phenoxy) is 1. The summed E-state index contributed by atoms with van der Waals surface area (Å²) in [6.07, 6.45) is -0.0140. The number of aromatic nitrogens is 1. The molecule has 1 saturated heterocycles. The molecule has 100 valence electrons. The highest BCUT2D eigenvalue weighted by Crippen LogP contribution is 2.34. The van der Waals surface area contributed by atoms with Gasteiger partial charge < -0.3 is 10.1 Å². The van der Waals surface area contributed by atoms with Crippen LogP contribution in [0.1, 0.15) is 24.8 Å². The molecule has 18 heavy (non-hydrogen) atoms. The fourth-order valence-corrected chi connectivity index (χ4v) is 1.97. The quantitative estimate of drug-likeness (QED) is 0.907. The van der Waals surface area contributed by atoms with Gasteiger partial charge in [-0.3, -0.25) is 0 Å². The molecule has 1 aliphatic heterocycles. The molecule has 1 aliphatic rings. The Balaban J connectivity index is 2.00. The molecule has 1 aromatic rings. The van der Waals surface area contributed by atoms with Crippen LogP contribution in [-0.2, 0) is 6.18 Å². The van der Waals surface area contributed by atoms with Gasteiger partial charge in [-0.15, -0.1) is 0 Å². The van der Waals surface area contributed by atoms with E-state index in [1.54, 1.807) is 0 Å². The molecular formula is C12H15F3N2O. The van der Waals surface area contributed by atoms with Crippen molar-refractivity contribution in [3.8, 4) is 5.88 Å². The molecule has 3 nitrogen and oxygen atoms in total. The number of halogens is 3. The van der Waals surface area contributed by atoms with Gasteiger partial charge in [0.15, 0.2) is 0 Å². The summed E-state index contributed by atoms with van der Waals surface area (Å²) in [7, 11) is 0. The van der Waals surface area contributed by atoms with Crippen LogP contribution in [0.3, 0.4) is 0 Å². The van der Waals surface area contributed by atoms with Crippen LogP contribution >= 0.6 is 0 Å². The molecule has 1 aromatic heterocycles. The van der Waals surface area contributed by atoms with Crippen molar-refractivity contribution in [1.29, 1.82) is 0 Å². The predicted octanol–water partition coefficient (Wildman–Crippen LogP) is 2.62. The summed E-state index contributed by atoms with van der Waals surface area (Å²) < 4.78 is 43.2. The Kier molecular flexibility index (Phi) is 4.06. The Morgan fingerprint density at radius 2 is 2.22 bits per heavy atom. The third-order valence-corrected chi connectivity index (χ3v) is 2.91. The molecule has 1 unspecified atom stereocenters. The first-order valence-corrected chi connectivity index (χ1v) is 5.96. The SMILES string of the molecule is FC(F)(F)c1cccnc1OCC1CCCCN1.